The van der Waals surface area contributed by atoms with Crippen molar-refractivity contribution in [1.29, 1.82) is 5.41 Å². The van der Waals surface area contributed by atoms with Crippen LogP contribution in [0.5, 0.6) is 0 Å². The summed E-state index contributed by atoms with van der Waals surface area (Å²) in [4.78, 5) is 1.58. The number of nitrogens with one attached hydrogen (secondary N) is 1. The summed E-state index contributed by atoms with van der Waals surface area (Å²) < 4.78 is 37.4. The van der Waals surface area contributed by atoms with Crippen molar-refractivity contribution in [3.63, 3.8) is 0 Å². The Bertz CT molecular complexity index is 417. The number of halogens is 3. The van der Waals surface area contributed by atoms with E-state index >= 15 is 0 Å². The van der Waals surface area contributed by atoms with Crippen molar-refractivity contribution < 1.29 is 13.2 Å². The lowest BCUT2D eigenvalue weighted by Crippen LogP contribution is -2.23. The zero-order valence-electron chi connectivity index (χ0n) is 8.21. The largest absolute Gasteiger partial charge is 0.416 e. The Balaban J connectivity index is 2.32. The summed E-state index contributed by atoms with van der Waals surface area (Å²) in [5, 5.41) is 7.88. The standard InChI is InChI=1S/C10H9F3N2S/c11-10(12,13)7-2-1-3-8(6-7)15-4-5-16-9(15)14/h1-3,6,14H,4-5H2. The third-order valence-corrected chi connectivity index (χ3v) is 3.16. The van der Waals surface area contributed by atoms with Gasteiger partial charge in [-0.25, -0.2) is 0 Å². The molecule has 0 saturated carbocycles. The first kappa shape index (κ1) is 11.3. The maximum Gasteiger partial charge on any atom is 0.416 e. The van der Waals surface area contributed by atoms with E-state index in [2.05, 4.69) is 0 Å². The fraction of sp³-hybridized carbons (Fsp3) is 0.300. The van der Waals surface area contributed by atoms with Gasteiger partial charge < -0.3 is 4.90 Å². The molecule has 1 N–H and O–H groups in total. The van der Waals surface area contributed by atoms with E-state index in [-0.39, 0.29) is 0 Å². The Labute approximate surface area is 95.0 Å². The summed E-state index contributed by atoms with van der Waals surface area (Å²) in [5.74, 6) is 0.745. The first-order valence-corrected chi connectivity index (χ1v) is 5.63. The highest BCUT2D eigenvalue weighted by Crippen LogP contribution is 2.33. The number of nitrogens with zero attached hydrogens (tertiary/aromatic N) is 1. The lowest BCUT2D eigenvalue weighted by Gasteiger charge is -2.18. The van der Waals surface area contributed by atoms with Gasteiger partial charge in [-0.3, -0.25) is 5.41 Å². The SMILES string of the molecule is N=C1SCCN1c1cccc(C(F)(F)F)c1. The molecular weight excluding hydrogens is 237 g/mol. The number of hydrogen-bond acceptors (Lipinski definition) is 2. The molecule has 1 aliphatic rings. The molecule has 1 heterocycles. The van der Waals surface area contributed by atoms with Crippen molar-refractivity contribution in [3.05, 3.63) is 29.8 Å². The van der Waals surface area contributed by atoms with E-state index in [0.717, 1.165) is 17.9 Å². The molecule has 0 radical (unpaired) electrons. The molecule has 0 aliphatic carbocycles. The van der Waals surface area contributed by atoms with Crippen LogP contribution in [-0.4, -0.2) is 17.5 Å². The fourth-order valence-corrected chi connectivity index (χ4v) is 2.33. The van der Waals surface area contributed by atoms with Crippen LogP contribution in [0.2, 0.25) is 0 Å². The number of alkyl halides is 3. The summed E-state index contributed by atoms with van der Waals surface area (Å²) in [5.41, 5.74) is -0.237. The number of thioether (sulfide) groups is 1. The number of hydrogen-bond donors (Lipinski definition) is 1. The molecule has 2 rings (SSSR count). The van der Waals surface area contributed by atoms with Gasteiger partial charge >= 0.3 is 6.18 Å². The zero-order valence-corrected chi connectivity index (χ0v) is 9.03. The highest BCUT2D eigenvalue weighted by atomic mass is 32.2. The third kappa shape index (κ3) is 2.16. The van der Waals surface area contributed by atoms with Crippen LogP contribution < -0.4 is 4.90 Å². The Morgan fingerprint density at radius 2 is 2.06 bits per heavy atom. The molecule has 0 spiro atoms. The maximum atomic E-state index is 12.5. The minimum atomic E-state index is -4.33. The van der Waals surface area contributed by atoms with E-state index in [1.165, 1.54) is 17.8 Å². The fourth-order valence-electron chi connectivity index (χ4n) is 1.51. The summed E-state index contributed by atoms with van der Waals surface area (Å²) in [6.07, 6.45) is -4.33. The smallest absolute Gasteiger partial charge is 0.321 e. The molecule has 0 amide bonds. The number of rotatable bonds is 1. The molecule has 0 atom stereocenters. The normalized spacial score (nSPS) is 16.9. The van der Waals surface area contributed by atoms with Crippen LogP contribution in [0.1, 0.15) is 5.56 Å². The van der Waals surface area contributed by atoms with Crippen molar-refractivity contribution in [1.82, 2.24) is 0 Å². The lowest BCUT2D eigenvalue weighted by molar-refractivity contribution is -0.137. The van der Waals surface area contributed by atoms with Gasteiger partial charge in [0.1, 0.15) is 0 Å². The summed E-state index contributed by atoms with van der Waals surface area (Å²) in [6, 6.07) is 5.08. The second-order valence-corrected chi connectivity index (χ2v) is 4.44. The first-order valence-electron chi connectivity index (χ1n) is 4.64. The van der Waals surface area contributed by atoms with Crippen LogP contribution in [-0.2, 0) is 6.18 Å². The highest BCUT2D eigenvalue weighted by molar-refractivity contribution is 8.14. The van der Waals surface area contributed by atoms with Gasteiger partial charge in [-0.05, 0) is 18.2 Å². The minimum Gasteiger partial charge on any atom is -0.321 e. The van der Waals surface area contributed by atoms with Gasteiger partial charge in [0.2, 0.25) is 0 Å². The molecule has 6 heteroatoms. The van der Waals surface area contributed by atoms with Crippen LogP contribution in [0.3, 0.4) is 0 Å². The van der Waals surface area contributed by atoms with Gasteiger partial charge in [0.15, 0.2) is 5.17 Å². The average Bonchev–Trinajstić information content (AvgIpc) is 2.63. The molecule has 1 aromatic carbocycles. The van der Waals surface area contributed by atoms with Crippen molar-refractivity contribution >= 4 is 22.6 Å². The van der Waals surface area contributed by atoms with Crippen LogP contribution in [0.15, 0.2) is 24.3 Å². The van der Waals surface area contributed by atoms with E-state index in [1.807, 2.05) is 0 Å². The molecule has 1 aromatic rings. The molecule has 86 valence electrons. The molecule has 1 aliphatic heterocycles. The van der Waals surface area contributed by atoms with Crippen molar-refractivity contribution in [2.45, 2.75) is 6.18 Å². The van der Waals surface area contributed by atoms with E-state index in [4.69, 9.17) is 5.41 Å². The van der Waals surface area contributed by atoms with Gasteiger partial charge in [0, 0.05) is 18.0 Å². The average molecular weight is 246 g/mol. The Morgan fingerprint density at radius 1 is 1.31 bits per heavy atom. The molecule has 16 heavy (non-hydrogen) atoms. The number of amidine groups is 1. The van der Waals surface area contributed by atoms with E-state index in [9.17, 15) is 13.2 Å². The molecule has 0 aromatic heterocycles. The minimum absolute atomic E-state index is 0.305. The Kier molecular flexibility index (Phi) is 2.84. The summed E-state index contributed by atoms with van der Waals surface area (Å²) in [7, 11) is 0. The molecule has 2 nitrogen and oxygen atoms in total. The topological polar surface area (TPSA) is 27.1 Å². The monoisotopic (exact) mass is 246 g/mol. The summed E-state index contributed by atoms with van der Waals surface area (Å²) >= 11 is 1.34. The van der Waals surface area contributed by atoms with Crippen LogP contribution in [0.4, 0.5) is 18.9 Å². The second kappa shape index (κ2) is 4.01. The number of anilines is 1. The van der Waals surface area contributed by atoms with Crippen molar-refractivity contribution in [2.75, 3.05) is 17.2 Å². The Morgan fingerprint density at radius 3 is 2.62 bits per heavy atom. The van der Waals surface area contributed by atoms with Crippen molar-refractivity contribution in [3.8, 4) is 0 Å². The van der Waals surface area contributed by atoms with Crippen molar-refractivity contribution in [2.24, 2.45) is 0 Å². The quantitative estimate of drug-likeness (QED) is 0.823. The van der Waals surface area contributed by atoms with Gasteiger partial charge in [-0.15, -0.1) is 0 Å². The van der Waals surface area contributed by atoms with Crippen LogP contribution in [0.25, 0.3) is 0 Å². The lowest BCUT2D eigenvalue weighted by atomic mass is 10.2. The second-order valence-electron chi connectivity index (χ2n) is 3.35. The van der Waals surface area contributed by atoms with Gasteiger partial charge in [0.05, 0.1) is 5.56 Å². The van der Waals surface area contributed by atoms with Gasteiger partial charge in [-0.1, -0.05) is 17.8 Å². The third-order valence-electron chi connectivity index (χ3n) is 2.28. The van der Waals surface area contributed by atoms with Crippen LogP contribution in [0, 0.1) is 5.41 Å². The van der Waals surface area contributed by atoms with E-state index in [0.29, 0.717) is 17.4 Å². The molecule has 0 unspecified atom stereocenters. The molecule has 1 saturated heterocycles. The molecule has 0 bridgehead atoms. The van der Waals surface area contributed by atoms with Gasteiger partial charge in [-0.2, -0.15) is 13.2 Å². The highest BCUT2D eigenvalue weighted by Gasteiger charge is 2.31. The molecular formula is C10H9F3N2S. The summed E-state index contributed by atoms with van der Waals surface area (Å²) in [6.45, 7) is 0.588. The first-order chi connectivity index (χ1) is 7.48. The molecule has 1 fully saturated rings. The predicted molar refractivity (Wildman–Crippen MR) is 59.0 cm³/mol. The number of benzene rings is 1. The van der Waals surface area contributed by atoms with E-state index in [1.54, 1.807) is 11.0 Å². The Hall–Kier alpha value is -1.17. The predicted octanol–water partition coefficient (Wildman–Crippen LogP) is 3.19. The zero-order chi connectivity index (χ0) is 11.8. The maximum absolute atomic E-state index is 12.5. The van der Waals surface area contributed by atoms with Crippen LogP contribution >= 0.6 is 11.8 Å². The van der Waals surface area contributed by atoms with E-state index < -0.39 is 11.7 Å². The van der Waals surface area contributed by atoms with Gasteiger partial charge in [0.25, 0.3) is 0 Å².